The van der Waals surface area contributed by atoms with Gasteiger partial charge in [0.25, 0.3) is 5.91 Å². The lowest BCUT2D eigenvalue weighted by atomic mass is 10.2. The summed E-state index contributed by atoms with van der Waals surface area (Å²) in [6.45, 7) is 0.361. The Hall–Kier alpha value is -3.26. The highest BCUT2D eigenvalue weighted by Gasteiger charge is 2.51. The van der Waals surface area contributed by atoms with Crippen molar-refractivity contribution in [2.24, 2.45) is 0 Å². The van der Waals surface area contributed by atoms with E-state index in [0.717, 1.165) is 15.8 Å². The predicted octanol–water partition coefficient (Wildman–Crippen LogP) is 3.61. The number of hydrogen-bond donors (Lipinski definition) is 2. The van der Waals surface area contributed by atoms with Crippen molar-refractivity contribution in [2.75, 3.05) is 0 Å². The summed E-state index contributed by atoms with van der Waals surface area (Å²) in [6.07, 6.45) is 5.42. The van der Waals surface area contributed by atoms with Crippen LogP contribution in [-0.2, 0) is 11.3 Å². The van der Waals surface area contributed by atoms with Gasteiger partial charge in [-0.05, 0) is 58.6 Å². The number of carbonyl (C=O) groups excluding carboxylic acids is 2. The molecule has 0 radical (unpaired) electrons. The van der Waals surface area contributed by atoms with Crippen molar-refractivity contribution in [3.8, 4) is 11.5 Å². The molecule has 0 spiro atoms. The molecule has 1 fully saturated rings. The number of nitrogens with zero attached hydrogens (tertiary/aromatic N) is 2. The van der Waals surface area contributed by atoms with E-state index in [1.165, 1.54) is 18.7 Å². The standard InChI is InChI=1S/C22H19BrN4O3/c23-18-3-1-2-4-19(18)30-17-7-5-15(6-8-17)11-26-21(29)22(9-10-22)27-20(28)16-12-24-14-25-13-16/h1-8,12-14H,9-11H2,(H,26,29)(H,27,28). The molecule has 1 heterocycles. The van der Waals surface area contributed by atoms with Crippen molar-refractivity contribution in [1.29, 1.82) is 0 Å². The normalized spacial score (nSPS) is 13.9. The Bertz CT molecular complexity index is 1050. The summed E-state index contributed by atoms with van der Waals surface area (Å²) >= 11 is 3.46. The highest BCUT2D eigenvalue weighted by atomic mass is 79.9. The third-order valence-electron chi connectivity index (χ3n) is 4.80. The molecule has 2 aromatic carbocycles. The number of rotatable bonds is 7. The van der Waals surface area contributed by atoms with E-state index in [-0.39, 0.29) is 11.8 Å². The number of nitrogens with one attached hydrogen (secondary N) is 2. The molecule has 1 aliphatic rings. The predicted molar refractivity (Wildman–Crippen MR) is 114 cm³/mol. The molecular weight excluding hydrogens is 448 g/mol. The summed E-state index contributed by atoms with van der Waals surface area (Å²) in [5.41, 5.74) is 0.411. The van der Waals surface area contributed by atoms with Crippen LogP contribution in [-0.4, -0.2) is 27.3 Å². The van der Waals surface area contributed by atoms with Gasteiger partial charge < -0.3 is 15.4 Å². The zero-order chi connectivity index (χ0) is 21.0. The average molecular weight is 467 g/mol. The second-order valence-electron chi connectivity index (χ2n) is 7.02. The number of halogens is 1. The largest absolute Gasteiger partial charge is 0.456 e. The Kier molecular flexibility index (Phi) is 5.76. The highest BCUT2D eigenvalue weighted by Crippen LogP contribution is 2.36. The lowest BCUT2D eigenvalue weighted by Crippen LogP contribution is -2.48. The number of benzene rings is 2. The van der Waals surface area contributed by atoms with Crippen molar-refractivity contribution < 1.29 is 14.3 Å². The van der Waals surface area contributed by atoms with Gasteiger partial charge in [0.05, 0.1) is 10.0 Å². The second-order valence-corrected chi connectivity index (χ2v) is 7.88. The number of ether oxygens (including phenoxy) is 1. The van der Waals surface area contributed by atoms with E-state index in [0.29, 0.717) is 30.7 Å². The monoisotopic (exact) mass is 466 g/mol. The van der Waals surface area contributed by atoms with Crippen LogP contribution < -0.4 is 15.4 Å². The van der Waals surface area contributed by atoms with Crippen LogP contribution in [0.25, 0.3) is 0 Å². The van der Waals surface area contributed by atoms with E-state index in [4.69, 9.17) is 4.74 Å². The number of amides is 2. The molecule has 1 aliphatic carbocycles. The van der Waals surface area contributed by atoms with Crippen LogP contribution >= 0.6 is 15.9 Å². The fraction of sp³-hybridized carbons (Fsp3) is 0.182. The number of carbonyl (C=O) groups is 2. The highest BCUT2D eigenvalue weighted by molar-refractivity contribution is 9.10. The van der Waals surface area contributed by atoms with Crippen LogP contribution in [0.2, 0.25) is 0 Å². The van der Waals surface area contributed by atoms with Crippen molar-refractivity contribution in [2.45, 2.75) is 24.9 Å². The lowest BCUT2D eigenvalue weighted by Gasteiger charge is -2.17. The molecule has 30 heavy (non-hydrogen) atoms. The minimum Gasteiger partial charge on any atom is -0.456 e. The topological polar surface area (TPSA) is 93.2 Å². The van der Waals surface area contributed by atoms with Crippen LogP contribution in [0.1, 0.15) is 28.8 Å². The average Bonchev–Trinajstić information content (AvgIpc) is 3.56. The van der Waals surface area contributed by atoms with Crippen molar-refractivity contribution in [3.63, 3.8) is 0 Å². The summed E-state index contributed by atoms with van der Waals surface area (Å²) in [5.74, 6) is 0.889. The van der Waals surface area contributed by atoms with Gasteiger partial charge in [0.15, 0.2) is 0 Å². The molecule has 2 amide bonds. The summed E-state index contributed by atoms with van der Waals surface area (Å²) in [4.78, 5) is 32.6. The molecule has 3 aromatic rings. The SMILES string of the molecule is O=C(NC1(C(=O)NCc2ccc(Oc3ccccc3Br)cc2)CC1)c1cncnc1. The minimum absolute atomic E-state index is 0.193. The van der Waals surface area contributed by atoms with Crippen molar-refractivity contribution in [3.05, 3.63) is 82.9 Å². The van der Waals surface area contributed by atoms with Crippen LogP contribution in [0.3, 0.4) is 0 Å². The molecule has 0 unspecified atom stereocenters. The molecule has 0 aliphatic heterocycles. The summed E-state index contributed by atoms with van der Waals surface area (Å²) < 4.78 is 6.72. The van der Waals surface area contributed by atoms with Crippen molar-refractivity contribution in [1.82, 2.24) is 20.6 Å². The third-order valence-corrected chi connectivity index (χ3v) is 5.46. The Morgan fingerprint density at radius 1 is 1.03 bits per heavy atom. The summed E-state index contributed by atoms with van der Waals surface area (Å²) in [5, 5.41) is 5.71. The van der Waals surface area contributed by atoms with Gasteiger partial charge in [0.2, 0.25) is 5.91 Å². The first-order valence-corrected chi connectivity index (χ1v) is 10.2. The maximum Gasteiger partial charge on any atom is 0.255 e. The van der Waals surface area contributed by atoms with E-state index >= 15 is 0 Å². The smallest absolute Gasteiger partial charge is 0.255 e. The lowest BCUT2D eigenvalue weighted by molar-refractivity contribution is -0.124. The summed E-state index contributed by atoms with van der Waals surface area (Å²) in [6, 6.07) is 15.1. The van der Waals surface area contributed by atoms with Gasteiger partial charge in [-0.1, -0.05) is 24.3 Å². The Labute approximate surface area is 182 Å². The van der Waals surface area contributed by atoms with Gasteiger partial charge in [0.1, 0.15) is 23.4 Å². The Morgan fingerprint density at radius 3 is 2.40 bits per heavy atom. The van der Waals surface area contributed by atoms with E-state index in [1.807, 2.05) is 48.5 Å². The maximum atomic E-state index is 12.6. The molecule has 1 aromatic heterocycles. The van der Waals surface area contributed by atoms with Gasteiger partial charge in [0, 0.05) is 18.9 Å². The van der Waals surface area contributed by atoms with Crippen LogP contribution in [0.15, 0.2) is 71.7 Å². The van der Waals surface area contributed by atoms with Crippen molar-refractivity contribution >= 4 is 27.7 Å². The number of hydrogen-bond acceptors (Lipinski definition) is 5. The fourth-order valence-electron chi connectivity index (χ4n) is 2.92. The van der Waals surface area contributed by atoms with Gasteiger partial charge in [-0.3, -0.25) is 9.59 Å². The van der Waals surface area contributed by atoms with Gasteiger partial charge in [-0.15, -0.1) is 0 Å². The van der Waals surface area contributed by atoms with Crippen LogP contribution in [0.5, 0.6) is 11.5 Å². The molecule has 152 valence electrons. The minimum atomic E-state index is -0.852. The zero-order valence-corrected chi connectivity index (χ0v) is 17.6. The van der Waals surface area contributed by atoms with Crippen LogP contribution in [0, 0.1) is 0 Å². The van der Waals surface area contributed by atoms with Gasteiger partial charge >= 0.3 is 0 Å². The molecule has 0 atom stereocenters. The zero-order valence-electron chi connectivity index (χ0n) is 16.0. The molecule has 8 heteroatoms. The maximum absolute atomic E-state index is 12.6. The summed E-state index contributed by atoms with van der Waals surface area (Å²) in [7, 11) is 0. The Morgan fingerprint density at radius 2 is 1.73 bits per heavy atom. The molecule has 0 bridgehead atoms. The molecule has 1 saturated carbocycles. The molecule has 0 saturated heterocycles. The van der Waals surface area contributed by atoms with Crippen LogP contribution in [0.4, 0.5) is 0 Å². The third kappa shape index (κ3) is 4.65. The van der Waals surface area contributed by atoms with Gasteiger partial charge in [-0.2, -0.15) is 0 Å². The van der Waals surface area contributed by atoms with E-state index in [1.54, 1.807) is 0 Å². The number of aromatic nitrogens is 2. The second kappa shape index (κ2) is 8.62. The first-order valence-electron chi connectivity index (χ1n) is 9.43. The fourth-order valence-corrected chi connectivity index (χ4v) is 3.29. The van der Waals surface area contributed by atoms with E-state index < -0.39 is 5.54 Å². The Balaban J connectivity index is 1.31. The van der Waals surface area contributed by atoms with Gasteiger partial charge in [-0.25, -0.2) is 9.97 Å². The molecule has 7 nitrogen and oxygen atoms in total. The molecule has 4 rings (SSSR count). The van der Waals surface area contributed by atoms with E-state index in [9.17, 15) is 9.59 Å². The quantitative estimate of drug-likeness (QED) is 0.554. The first kappa shape index (κ1) is 20.0. The first-order chi connectivity index (χ1) is 14.6. The molecular formula is C22H19BrN4O3. The van der Waals surface area contributed by atoms with E-state index in [2.05, 4.69) is 36.5 Å². The molecule has 2 N–H and O–H groups in total. The number of para-hydroxylation sites is 1.